The number of rotatable bonds is 12. The second-order valence-electron chi connectivity index (χ2n) is 11.1. The molecule has 0 radical (unpaired) electrons. The number of fused-ring (bicyclic) bond motifs is 2. The zero-order chi connectivity index (χ0) is 33.4. The number of hydrogen-bond acceptors (Lipinski definition) is 13. The molecule has 0 spiro atoms. The molecule has 0 aliphatic carbocycles. The van der Waals surface area contributed by atoms with Crippen LogP contribution >= 0.6 is 30.3 Å². The van der Waals surface area contributed by atoms with Gasteiger partial charge in [0.25, 0.3) is 0 Å². The van der Waals surface area contributed by atoms with Crippen molar-refractivity contribution in [3.8, 4) is 11.6 Å². The van der Waals surface area contributed by atoms with E-state index in [0.29, 0.717) is 15.8 Å². The maximum atomic E-state index is 14.3. The fraction of sp³-hybridized carbons (Fsp3) is 0.448. The quantitative estimate of drug-likeness (QED) is 0.0703. The van der Waals surface area contributed by atoms with E-state index >= 15 is 0 Å². The van der Waals surface area contributed by atoms with Crippen LogP contribution in [0.1, 0.15) is 40.8 Å². The SMILES string of the molecule is CCOc1nc(N)nc2c1nc(I)n2C1O[C@H](COP(=O)(NC(C)C(=O)OC(C)C)Oc2cccc3ccccc23)[C@@H](O)[C@@]1(C)O. The third kappa shape index (κ3) is 6.93. The summed E-state index contributed by atoms with van der Waals surface area (Å²) in [5.41, 5.74) is 4.52. The number of benzene rings is 2. The van der Waals surface area contributed by atoms with E-state index < -0.39 is 56.5 Å². The standard InChI is InChI=1S/C29H36IN6O9P/c1-6-41-24-21-23(33-28(31)34-24)36(27(30)32-21)26-29(5,39)22(37)20(44-26)14-42-46(40,35-16(4)25(38)43-15(2)3)45-19-13-9-11-17-10-7-8-12-18(17)19/h7-13,15-16,20,22,26,37,39H,6,14H2,1-5H3,(H,35,40)(H2,31,33,34)/t16?,20-,22-,26?,29-,46?/m1/s1. The van der Waals surface area contributed by atoms with E-state index in [4.69, 9.17) is 29.0 Å². The molecule has 1 aliphatic rings. The summed E-state index contributed by atoms with van der Waals surface area (Å²) in [6, 6.07) is 11.4. The van der Waals surface area contributed by atoms with Crippen LogP contribution in [0.2, 0.25) is 0 Å². The molecule has 3 heterocycles. The van der Waals surface area contributed by atoms with Crippen LogP contribution < -0.4 is 20.1 Å². The largest absolute Gasteiger partial charge is 0.476 e. The number of ether oxygens (including phenoxy) is 3. The Balaban J connectivity index is 1.44. The molecule has 0 bridgehead atoms. The van der Waals surface area contributed by atoms with Crippen LogP contribution in [0.5, 0.6) is 11.6 Å². The van der Waals surface area contributed by atoms with E-state index in [-0.39, 0.29) is 28.7 Å². The summed E-state index contributed by atoms with van der Waals surface area (Å²) in [4.78, 5) is 25.5. The molecule has 0 saturated carbocycles. The Hall–Kier alpha value is -3.12. The van der Waals surface area contributed by atoms with Crippen LogP contribution in [0.3, 0.4) is 0 Å². The van der Waals surface area contributed by atoms with Crippen LogP contribution in [0, 0.1) is 3.83 Å². The smallest absolute Gasteiger partial charge is 0.459 e. The number of hydrogen-bond donors (Lipinski definition) is 4. The summed E-state index contributed by atoms with van der Waals surface area (Å²) in [5, 5.41) is 26.9. The maximum Gasteiger partial charge on any atom is 0.459 e. The number of imidazole rings is 1. The molecule has 5 rings (SSSR count). The second-order valence-corrected chi connectivity index (χ2v) is 13.8. The Morgan fingerprint density at radius 1 is 1.20 bits per heavy atom. The van der Waals surface area contributed by atoms with Gasteiger partial charge in [0, 0.05) is 28.0 Å². The summed E-state index contributed by atoms with van der Waals surface area (Å²) in [7, 11) is -4.37. The van der Waals surface area contributed by atoms with Gasteiger partial charge in [0.05, 0.1) is 19.3 Å². The fourth-order valence-electron chi connectivity index (χ4n) is 5.03. The number of esters is 1. The Kier molecular flexibility index (Phi) is 10.1. The van der Waals surface area contributed by atoms with Gasteiger partial charge in [0.15, 0.2) is 21.2 Å². The molecule has 2 aromatic heterocycles. The van der Waals surface area contributed by atoms with Crippen LogP contribution in [-0.2, 0) is 23.4 Å². The van der Waals surface area contributed by atoms with Crippen LogP contribution in [0.15, 0.2) is 42.5 Å². The van der Waals surface area contributed by atoms with E-state index in [1.807, 2.05) is 40.8 Å². The molecule has 1 aliphatic heterocycles. The molecule has 6 atom stereocenters. The van der Waals surface area contributed by atoms with E-state index in [2.05, 4.69) is 20.0 Å². The van der Waals surface area contributed by atoms with Gasteiger partial charge >= 0.3 is 13.7 Å². The molecule has 1 saturated heterocycles. The Morgan fingerprint density at radius 3 is 2.63 bits per heavy atom. The predicted octanol–water partition coefficient (Wildman–Crippen LogP) is 3.71. The summed E-state index contributed by atoms with van der Waals surface area (Å²) in [6.07, 6.45) is -4.40. The van der Waals surface area contributed by atoms with Crippen LogP contribution in [0.4, 0.5) is 5.95 Å². The van der Waals surface area contributed by atoms with Gasteiger partial charge in [-0.05, 0) is 46.1 Å². The molecule has 15 nitrogen and oxygen atoms in total. The average Bonchev–Trinajstić information content (AvgIpc) is 3.42. The lowest BCUT2D eigenvalue weighted by atomic mass is 9.96. The Labute approximate surface area is 278 Å². The zero-order valence-electron chi connectivity index (χ0n) is 25.8. The lowest BCUT2D eigenvalue weighted by Gasteiger charge is -2.28. The maximum absolute atomic E-state index is 14.3. The highest BCUT2D eigenvalue weighted by atomic mass is 127. The highest BCUT2D eigenvalue weighted by Crippen LogP contribution is 2.49. The molecule has 4 aromatic rings. The molecule has 5 N–H and O–H groups in total. The first-order valence-electron chi connectivity index (χ1n) is 14.5. The molecule has 2 aromatic carbocycles. The lowest BCUT2D eigenvalue weighted by molar-refractivity contribution is -0.149. The third-order valence-corrected chi connectivity index (χ3v) is 9.58. The summed E-state index contributed by atoms with van der Waals surface area (Å²) < 4.78 is 44.9. The monoisotopic (exact) mass is 770 g/mol. The van der Waals surface area contributed by atoms with Crippen molar-refractivity contribution in [3.63, 3.8) is 0 Å². The molecular weight excluding hydrogens is 734 g/mol. The van der Waals surface area contributed by atoms with Crippen molar-refractivity contribution in [1.82, 2.24) is 24.6 Å². The van der Waals surface area contributed by atoms with Gasteiger partial charge in [0.1, 0.15) is 29.6 Å². The highest BCUT2D eigenvalue weighted by molar-refractivity contribution is 14.1. The van der Waals surface area contributed by atoms with Crippen molar-refractivity contribution in [2.24, 2.45) is 0 Å². The normalized spacial score (nSPS) is 23.5. The van der Waals surface area contributed by atoms with E-state index in [9.17, 15) is 19.6 Å². The molecule has 46 heavy (non-hydrogen) atoms. The van der Waals surface area contributed by atoms with Crippen molar-refractivity contribution < 1.29 is 42.8 Å². The fourth-order valence-corrected chi connectivity index (χ4v) is 7.27. The van der Waals surface area contributed by atoms with Gasteiger partial charge in [-0.3, -0.25) is 13.9 Å². The Bertz CT molecular complexity index is 1780. The molecule has 0 amide bonds. The minimum Gasteiger partial charge on any atom is -0.476 e. The molecule has 248 valence electrons. The first kappa shape index (κ1) is 34.2. The number of nitrogens with zero attached hydrogens (tertiary/aromatic N) is 4. The van der Waals surface area contributed by atoms with Gasteiger partial charge in [-0.1, -0.05) is 36.4 Å². The van der Waals surface area contributed by atoms with Crippen molar-refractivity contribution in [2.45, 2.75) is 70.8 Å². The number of nitrogen functional groups attached to an aromatic ring is 1. The molecular formula is C29H36IN6O9P. The number of carbonyl (C=O) groups is 1. The molecule has 3 unspecified atom stereocenters. The van der Waals surface area contributed by atoms with Crippen molar-refractivity contribution >= 4 is 64.2 Å². The molecule has 17 heteroatoms. The number of nitrogens with two attached hydrogens (primary N) is 1. The summed E-state index contributed by atoms with van der Waals surface area (Å²) in [6.45, 7) is 7.79. The summed E-state index contributed by atoms with van der Waals surface area (Å²) in [5.74, 6) is -0.371. The zero-order valence-corrected chi connectivity index (χ0v) is 28.8. The topological polar surface area (TPSA) is 202 Å². The van der Waals surface area contributed by atoms with E-state index in [1.54, 1.807) is 45.0 Å². The number of halogens is 1. The molecule has 1 fully saturated rings. The van der Waals surface area contributed by atoms with Crippen LogP contribution in [-0.4, -0.2) is 78.9 Å². The first-order valence-corrected chi connectivity index (χ1v) is 17.2. The van der Waals surface area contributed by atoms with E-state index in [0.717, 1.165) is 5.39 Å². The minimum absolute atomic E-state index is 0.0886. The van der Waals surface area contributed by atoms with Crippen molar-refractivity contribution in [1.29, 1.82) is 0 Å². The number of aliphatic hydroxyl groups excluding tert-OH is 1. The van der Waals surface area contributed by atoms with Crippen molar-refractivity contribution in [3.05, 3.63) is 46.3 Å². The third-order valence-electron chi connectivity index (χ3n) is 7.19. The number of nitrogens with one attached hydrogen (secondary N) is 1. The highest BCUT2D eigenvalue weighted by Gasteiger charge is 2.55. The van der Waals surface area contributed by atoms with Gasteiger partial charge in [-0.15, -0.1) is 0 Å². The lowest BCUT2D eigenvalue weighted by Crippen LogP contribution is -2.45. The number of carbonyl (C=O) groups excluding carboxylic acids is 1. The average molecular weight is 771 g/mol. The number of anilines is 1. The van der Waals surface area contributed by atoms with Gasteiger partial charge in [0.2, 0.25) is 11.8 Å². The first-order chi connectivity index (χ1) is 21.7. The summed E-state index contributed by atoms with van der Waals surface area (Å²) >= 11 is 1.94. The van der Waals surface area contributed by atoms with Gasteiger partial charge in [-0.25, -0.2) is 9.55 Å². The van der Waals surface area contributed by atoms with Crippen molar-refractivity contribution in [2.75, 3.05) is 18.9 Å². The minimum atomic E-state index is -4.37. The van der Waals surface area contributed by atoms with E-state index in [1.165, 1.54) is 18.4 Å². The van der Waals surface area contributed by atoms with Crippen LogP contribution in [0.25, 0.3) is 21.9 Å². The second kappa shape index (κ2) is 13.5. The Morgan fingerprint density at radius 2 is 1.91 bits per heavy atom. The number of aliphatic hydroxyl groups is 2. The predicted molar refractivity (Wildman–Crippen MR) is 176 cm³/mol. The van der Waals surface area contributed by atoms with Gasteiger partial charge < -0.3 is 34.7 Å². The van der Waals surface area contributed by atoms with Gasteiger partial charge in [-0.2, -0.15) is 15.1 Å². The number of aromatic nitrogens is 4.